The summed E-state index contributed by atoms with van der Waals surface area (Å²) in [7, 11) is 4.07. The molecule has 0 unspecified atom stereocenters. The molecule has 0 saturated heterocycles. The molecule has 1 aliphatic rings. The number of anilines is 1. The van der Waals surface area contributed by atoms with Gasteiger partial charge in [0.25, 0.3) is 0 Å². The van der Waals surface area contributed by atoms with Crippen molar-refractivity contribution in [2.24, 2.45) is 0 Å². The van der Waals surface area contributed by atoms with Crippen molar-refractivity contribution in [3.63, 3.8) is 0 Å². The molecule has 0 aromatic heterocycles. The third kappa shape index (κ3) is 3.62. The van der Waals surface area contributed by atoms with Gasteiger partial charge in [0.1, 0.15) is 11.5 Å². The SMILES string of the molecule is C=C1C=C(C)OC(/C=C/c2ccc(N(C)C)cc2)=C1. The maximum Gasteiger partial charge on any atom is 0.127 e. The molecule has 0 N–H and O–H groups in total. The molecule has 0 aliphatic carbocycles. The zero-order valence-corrected chi connectivity index (χ0v) is 11.7. The molecule has 1 aromatic rings. The lowest BCUT2D eigenvalue weighted by Crippen LogP contribution is -2.07. The topological polar surface area (TPSA) is 12.5 Å². The molecule has 1 heterocycles. The molecule has 19 heavy (non-hydrogen) atoms. The lowest BCUT2D eigenvalue weighted by molar-refractivity contribution is 0.318. The third-order valence-corrected chi connectivity index (χ3v) is 2.84. The molecule has 0 bridgehead atoms. The average Bonchev–Trinajstić information content (AvgIpc) is 2.36. The third-order valence-electron chi connectivity index (χ3n) is 2.84. The highest BCUT2D eigenvalue weighted by atomic mass is 16.5. The molecule has 2 heteroatoms. The summed E-state index contributed by atoms with van der Waals surface area (Å²) in [6, 6.07) is 8.37. The fourth-order valence-electron chi connectivity index (χ4n) is 1.87. The van der Waals surface area contributed by atoms with E-state index in [9.17, 15) is 0 Å². The molecule has 0 spiro atoms. The molecule has 98 valence electrons. The Bertz CT molecular complexity index is 559. The standard InChI is InChI=1S/C17H19NO/c1-13-11-14(2)19-17(12-13)10-7-15-5-8-16(9-6-15)18(3)4/h5-12H,1H2,2-4H3/b10-7+. The summed E-state index contributed by atoms with van der Waals surface area (Å²) in [5.41, 5.74) is 3.30. The zero-order valence-electron chi connectivity index (χ0n) is 11.7. The van der Waals surface area contributed by atoms with Crippen molar-refractivity contribution >= 4 is 11.8 Å². The number of ether oxygens (including phenoxy) is 1. The summed E-state index contributed by atoms with van der Waals surface area (Å²) >= 11 is 0. The van der Waals surface area contributed by atoms with Gasteiger partial charge >= 0.3 is 0 Å². The Labute approximate surface area is 115 Å². The van der Waals surface area contributed by atoms with Crippen LogP contribution in [0.2, 0.25) is 0 Å². The van der Waals surface area contributed by atoms with Gasteiger partial charge in [0.05, 0.1) is 0 Å². The van der Waals surface area contributed by atoms with Crippen molar-refractivity contribution < 1.29 is 4.74 Å². The van der Waals surface area contributed by atoms with Crippen LogP contribution in [0.3, 0.4) is 0 Å². The van der Waals surface area contributed by atoms with Crippen LogP contribution in [0.15, 0.2) is 66.2 Å². The Morgan fingerprint density at radius 1 is 1.05 bits per heavy atom. The second-order valence-corrected chi connectivity index (χ2v) is 4.80. The molecular weight excluding hydrogens is 234 g/mol. The van der Waals surface area contributed by atoms with E-state index in [-0.39, 0.29) is 0 Å². The fourth-order valence-corrected chi connectivity index (χ4v) is 1.87. The van der Waals surface area contributed by atoms with Crippen LogP contribution in [-0.2, 0) is 4.74 Å². The lowest BCUT2D eigenvalue weighted by atomic mass is 10.1. The van der Waals surface area contributed by atoms with E-state index >= 15 is 0 Å². The molecular formula is C17H19NO. The second kappa shape index (κ2) is 5.61. The van der Waals surface area contributed by atoms with E-state index in [1.807, 2.05) is 45.3 Å². The highest BCUT2D eigenvalue weighted by Gasteiger charge is 2.03. The van der Waals surface area contributed by atoms with Crippen molar-refractivity contribution in [1.82, 2.24) is 0 Å². The quantitative estimate of drug-likeness (QED) is 0.802. The minimum absolute atomic E-state index is 0.821. The van der Waals surface area contributed by atoms with Crippen LogP contribution >= 0.6 is 0 Å². The minimum Gasteiger partial charge on any atom is -0.462 e. The second-order valence-electron chi connectivity index (χ2n) is 4.80. The first kappa shape index (κ1) is 13.2. The molecule has 0 fully saturated rings. The highest BCUT2D eigenvalue weighted by molar-refractivity contribution is 5.57. The van der Waals surface area contributed by atoms with Crippen LogP contribution in [0.4, 0.5) is 5.69 Å². The van der Waals surface area contributed by atoms with Crippen LogP contribution in [0, 0.1) is 0 Å². The summed E-state index contributed by atoms with van der Waals surface area (Å²) in [4.78, 5) is 2.08. The van der Waals surface area contributed by atoms with Gasteiger partial charge in [-0.2, -0.15) is 0 Å². The predicted octanol–water partition coefficient (Wildman–Crippen LogP) is 4.14. The first-order chi connectivity index (χ1) is 9.04. The van der Waals surface area contributed by atoms with Crippen molar-refractivity contribution in [3.8, 4) is 0 Å². The van der Waals surface area contributed by atoms with Crippen molar-refractivity contribution in [2.45, 2.75) is 6.92 Å². The number of benzene rings is 1. The summed E-state index contributed by atoms with van der Waals surface area (Å²) in [6.45, 7) is 5.86. The number of hydrogen-bond donors (Lipinski definition) is 0. The lowest BCUT2D eigenvalue weighted by Gasteiger charge is -2.13. The Morgan fingerprint density at radius 2 is 1.74 bits per heavy atom. The van der Waals surface area contributed by atoms with E-state index in [4.69, 9.17) is 4.74 Å². The first-order valence-corrected chi connectivity index (χ1v) is 6.27. The average molecular weight is 253 g/mol. The van der Waals surface area contributed by atoms with Gasteiger partial charge in [-0.1, -0.05) is 24.8 Å². The van der Waals surface area contributed by atoms with Gasteiger partial charge in [-0.05, 0) is 48.4 Å². The Hall–Kier alpha value is -2.22. The first-order valence-electron chi connectivity index (χ1n) is 6.27. The van der Waals surface area contributed by atoms with Gasteiger partial charge < -0.3 is 9.64 Å². The smallest absolute Gasteiger partial charge is 0.127 e. The summed E-state index contributed by atoms with van der Waals surface area (Å²) in [5.74, 6) is 1.69. The predicted molar refractivity (Wildman–Crippen MR) is 81.9 cm³/mol. The maximum atomic E-state index is 5.61. The van der Waals surface area contributed by atoms with Gasteiger partial charge in [-0.25, -0.2) is 0 Å². The normalized spacial score (nSPS) is 15.0. The Morgan fingerprint density at radius 3 is 2.32 bits per heavy atom. The number of rotatable bonds is 3. The van der Waals surface area contributed by atoms with Crippen molar-refractivity contribution in [1.29, 1.82) is 0 Å². The van der Waals surface area contributed by atoms with Crippen LogP contribution in [0.5, 0.6) is 0 Å². The van der Waals surface area contributed by atoms with E-state index in [1.54, 1.807) is 0 Å². The molecule has 0 radical (unpaired) electrons. The zero-order chi connectivity index (χ0) is 13.8. The van der Waals surface area contributed by atoms with Gasteiger partial charge in [0, 0.05) is 19.8 Å². The van der Waals surface area contributed by atoms with E-state index in [1.165, 1.54) is 5.69 Å². The summed E-state index contributed by atoms with van der Waals surface area (Å²) in [6.07, 6.45) is 7.85. The van der Waals surface area contributed by atoms with Crippen LogP contribution in [0.25, 0.3) is 6.08 Å². The molecule has 0 atom stereocenters. The maximum absolute atomic E-state index is 5.61. The molecule has 0 amide bonds. The van der Waals surface area contributed by atoms with Gasteiger partial charge in [-0.15, -0.1) is 0 Å². The van der Waals surface area contributed by atoms with E-state index in [0.717, 1.165) is 22.7 Å². The van der Waals surface area contributed by atoms with E-state index < -0.39 is 0 Å². The molecule has 1 aromatic carbocycles. The number of nitrogens with zero attached hydrogens (tertiary/aromatic N) is 1. The Balaban J connectivity index is 2.09. The van der Waals surface area contributed by atoms with Crippen molar-refractivity contribution in [3.05, 3.63) is 71.7 Å². The molecule has 2 rings (SSSR count). The molecule has 1 aliphatic heterocycles. The van der Waals surface area contributed by atoms with E-state index in [0.29, 0.717) is 0 Å². The monoisotopic (exact) mass is 253 g/mol. The van der Waals surface area contributed by atoms with E-state index in [2.05, 4.69) is 35.7 Å². The summed E-state index contributed by atoms with van der Waals surface area (Å²) in [5, 5.41) is 0. The molecule has 0 saturated carbocycles. The van der Waals surface area contributed by atoms with Gasteiger partial charge in [0.2, 0.25) is 0 Å². The summed E-state index contributed by atoms with van der Waals surface area (Å²) < 4.78 is 5.61. The van der Waals surface area contributed by atoms with Gasteiger partial charge in [-0.3, -0.25) is 0 Å². The van der Waals surface area contributed by atoms with Crippen LogP contribution in [0.1, 0.15) is 12.5 Å². The highest BCUT2D eigenvalue weighted by Crippen LogP contribution is 2.20. The Kier molecular flexibility index (Phi) is 3.91. The van der Waals surface area contributed by atoms with Crippen LogP contribution in [-0.4, -0.2) is 14.1 Å². The number of hydrogen-bond acceptors (Lipinski definition) is 2. The van der Waals surface area contributed by atoms with Crippen molar-refractivity contribution in [2.75, 3.05) is 19.0 Å². The molecule has 2 nitrogen and oxygen atoms in total. The van der Waals surface area contributed by atoms with Gasteiger partial charge in [0.15, 0.2) is 0 Å². The minimum atomic E-state index is 0.821. The fraction of sp³-hybridized carbons (Fsp3) is 0.176. The largest absolute Gasteiger partial charge is 0.462 e. The van der Waals surface area contributed by atoms with Crippen LogP contribution < -0.4 is 4.90 Å². The number of allylic oxidation sites excluding steroid dienone is 5.